The Bertz CT molecular complexity index is 605. The third-order valence-electron chi connectivity index (χ3n) is 4.34. The third-order valence-corrected chi connectivity index (χ3v) is 4.96. The van der Waals surface area contributed by atoms with Crippen molar-refractivity contribution in [2.24, 2.45) is 5.92 Å². The van der Waals surface area contributed by atoms with Crippen LogP contribution in [0.25, 0.3) is 0 Å². The molecule has 0 aromatic heterocycles. The largest absolute Gasteiger partial charge is 0.481 e. The van der Waals surface area contributed by atoms with Gasteiger partial charge in [-0.05, 0) is 72.7 Å². The van der Waals surface area contributed by atoms with E-state index in [0.29, 0.717) is 25.3 Å². The summed E-state index contributed by atoms with van der Waals surface area (Å²) < 4.78 is 6.65. The Balaban J connectivity index is 1.93. The molecular formula is C18H24BrNO4. The number of halogens is 1. The molecule has 2 unspecified atom stereocenters. The maximum atomic E-state index is 12.6. The number of piperidine rings is 1. The third kappa shape index (κ3) is 5.23. The zero-order valence-electron chi connectivity index (χ0n) is 14.1. The predicted molar refractivity (Wildman–Crippen MR) is 95.1 cm³/mol. The first kappa shape index (κ1) is 18.8. The number of amides is 1. The molecule has 1 N–H and O–H groups in total. The average Bonchev–Trinajstić information content (AvgIpc) is 2.55. The smallest absolute Gasteiger partial charge is 0.303 e. The number of hydrogen-bond donors (Lipinski definition) is 1. The first-order valence-corrected chi connectivity index (χ1v) is 9.09. The second kappa shape index (κ2) is 8.51. The van der Waals surface area contributed by atoms with Crippen LogP contribution in [0.5, 0.6) is 5.75 Å². The standard InChI is InChI=1S/C18H24BrNO4/c1-12-5-7-16(15(19)10-12)24-13(2)18(23)20-9-3-4-14(11-20)6-8-17(21)22/h5,7,10,13-14H,3-4,6,8-9,11H2,1-2H3,(H,21,22). The van der Waals surface area contributed by atoms with E-state index in [1.54, 1.807) is 6.92 Å². The molecule has 6 heteroatoms. The van der Waals surface area contributed by atoms with Gasteiger partial charge in [0.25, 0.3) is 5.91 Å². The highest BCUT2D eigenvalue weighted by Gasteiger charge is 2.28. The summed E-state index contributed by atoms with van der Waals surface area (Å²) in [7, 11) is 0. The van der Waals surface area contributed by atoms with Crippen LogP contribution in [0, 0.1) is 12.8 Å². The molecule has 1 heterocycles. The number of aliphatic carboxylic acids is 1. The lowest BCUT2D eigenvalue weighted by molar-refractivity contribution is -0.140. The minimum absolute atomic E-state index is 0.0394. The van der Waals surface area contributed by atoms with E-state index in [2.05, 4.69) is 15.9 Å². The molecule has 0 radical (unpaired) electrons. The normalized spacial score (nSPS) is 19.0. The Morgan fingerprint density at radius 3 is 2.88 bits per heavy atom. The van der Waals surface area contributed by atoms with E-state index in [9.17, 15) is 9.59 Å². The van der Waals surface area contributed by atoms with Crippen molar-refractivity contribution < 1.29 is 19.4 Å². The van der Waals surface area contributed by atoms with E-state index in [1.807, 2.05) is 30.0 Å². The summed E-state index contributed by atoms with van der Waals surface area (Å²) >= 11 is 3.46. The summed E-state index contributed by atoms with van der Waals surface area (Å²) in [4.78, 5) is 25.2. The van der Waals surface area contributed by atoms with E-state index in [4.69, 9.17) is 9.84 Å². The van der Waals surface area contributed by atoms with Gasteiger partial charge >= 0.3 is 5.97 Å². The van der Waals surface area contributed by atoms with Crippen molar-refractivity contribution in [2.75, 3.05) is 13.1 Å². The van der Waals surface area contributed by atoms with Gasteiger partial charge in [0.05, 0.1) is 4.47 Å². The second-order valence-electron chi connectivity index (χ2n) is 6.42. The Kier molecular flexibility index (Phi) is 6.66. The Hall–Kier alpha value is -1.56. The highest BCUT2D eigenvalue weighted by molar-refractivity contribution is 9.10. The minimum Gasteiger partial charge on any atom is -0.481 e. The molecule has 1 aromatic rings. The Morgan fingerprint density at radius 1 is 1.46 bits per heavy atom. The van der Waals surface area contributed by atoms with Crippen molar-refractivity contribution in [1.82, 2.24) is 4.90 Å². The molecule has 1 aliphatic rings. The Labute approximate surface area is 151 Å². The number of rotatable bonds is 6. The second-order valence-corrected chi connectivity index (χ2v) is 7.27. The van der Waals surface area contributed by atoms with Gasteiger partial charge in [0.2, 0.25) is 0 Å². The van der Waals surface area contributed by atoms with Crippen LogP contribution < -0.4 is 4.74 Å². The van der Waals surface area contributed by atoms with Crippen LogP contribution in [0.15, 0.2) is 22.7 Å². The quantitative estimate of drug-likeness (QED) is 0.795. The molecule has 0 saturated carbocycles. The number of hydrogen-bond acceptors (Lipinski definition) is 3. The van der Waals surface area contributed by atoms with Gasteiger partial charge in [-0.25, -0.2) is 0 Å². The Morgan fingerprint density at radius 2 is 2.21 bits per heavy atom. The fourth-order valence-electron chi connectivity index (χ4n) is 3.03. The number of ether oxygens (including phenoxy) is 1. The van der Waals surface area contributed by atoms with Crippen molar-refractivity contribution >= 4 is 27.8 Å². The van der Waals surface area contributed by atoms with Crippen LogP contribution >= 0.6 is 15.9 Å². The van der Waals surface area contributed by atoms with Crippen molar-refractivity contribution in [1.29, 1.82) is 0 Å². The van der Waals surface area contributed by atoms with Gasteiger partial charge in [0.15, 0.2) is 6.10 Å². The van der Waals surface area contributed by atoms with Crippen LogP contribution in [0.3, 0.4) is 0 Å². The summed E-state index contributed by atoms with van der Waals surface area (Å²) in [5, 5.41) is 8.81. The number of carbonyl (C=O) groups excluding carboxylic acids is 1. The monoisotopic (exact) mass is 397 g/mol. The molecular weight excluding hydrogens is 374 g/mol. The molecule has 1 aromatic carbocycles. The number of carboxylic acids is 1. The molecule has 0 bridgehead atoms. The SMILES string of the molecule is Cc1ccc(OC(C)C(=O)N2CCCC(CCC(=O)O)C2)c(Br)c1. The van der Waals surface area contributed by atoms with Gasteiger partial charge in [-0.1, -0.05) is 6.07 Å². The van der Waals surface area contributed by atoms with Crippen molar-refractivity contribution in [2.45, 2.75) is 45.6 Å². The fourth-order valence-corrected chi connectivity index (χ4v) is 3.61. The maximum Gasteiger partial charge on any atom is 0.303 e. The minimum atomic E-state index is -0.778. The van der Waals surface area contributed by atoms with Gasteiger partial charge in [-0.2, -0.15) is 0 Å². The van der Waals surface area contributed by atoms with Gasteiger partial charge in [0, 0.05) is 19.5 Å². The lowest BCUT2D eigenvalue weighted by atomic mass is 9.93. The molecule has 1 amide bonds. The highest BCUT2D eigenvalue weighted by atomic mass is 79.9. The first-order chi connectivity index (χ1) is 11.4. The molecule has 0 aliphatic carbocycles. The van der Waals surface area contributed by atoms with Crippen LogP contribution in [0.1, 0.15) is 38.2 Å². The maximum absolute atomic E-state index is 12.6. The molecule has 132 valence electrons. The molecule has 2 atom stereocenters. The number of benzene rings is 1. The topological polar surface area (TPSA) is 66.8 Å². The first-order valence-electron chi connectivity index (χ1n) is 8.30. The fraction of sp³-hybridized carbons (Fsp3) is 0.556. The summed E-state index contributed by atoms with van der Waals surface area (Å²) in [6.07, 6.45) is 2.11. The summed E-state index contributed by atoms with van der Waals surface area (Å²) in [5.74, 6) is 0.0971. The number of carbonyl (C=O) groups is 2. The zero-order valence-corrected chi connectivity index (χ0v) is 15.7. The molecule has 5 nitrogen and oxygen atoms in total. The van der Waals surface area contributed by atoms with E-state index in [-0.39, 0.29) is 18.2 Å². The summed E-state index contributed by atoms with van der Waals surface area (Å²) in [6, 6.07) is 5.75. The van der Waals surface area contributed by atoms with Gasteiger partial charge in [-0.15, -0.1) is 0 Å². The van der Waals surface area contributed by atoms with Crippen molar-refractivity contribution in [3.8, 4) is 5.75 Å². The van der Waals surface area contributed by atoms with Crippen LogP contribution in [-0.2, 0) is 9.59 Å². The lowest BCUT2D eigenvalue weighted by Gasteiger charge is -2.34. The molecule has 1 fully saturated rings. The molecule has 1 aliphatic heterocycles. The van der Waals surface area contributed by atoms with Crippen LogP contribution in [0.4, 0.5) is 0 Å². The number of likely N-dealkylation sites (tertiary alicyclic amines) is 1. The predicted octanol–water partition coefficient (Wildman–Crippen LogP) is 3.63. The highest BCUT2D eigenvalue weighted by Crippen LogP contribution is 2.27. The van der Waals surface area contributed by atoms with Gasteiger partial charge < -0.3 is 14.7 Å². The van der Waals surface area contributed by atoms with E-state index >= 15 is 0 Å². The molecule has 0 spiro atoms. The zero-order chi connectivity index (χ0) is 17.7. The van der Waals surface area contributed by atoms with E-state index < -0.39 is 12.1 Å². The number of nitrogens with zero attached hydrogens (tertiary/aromatic N) is 1. The van der Waals surface area contributed by atoms with Gasteiger partial charge in [0.1, 0.15) is 5.75 Å². The molecule has 2 rings (SSSR count). The van der Waals surface area contributed by atoms with E-state index in [0.717, 1.165) is 22.9 Å². The lowest BCUT2D eigenvalue weighted by Crippen LogP contribution is -2.45. The van der Waals surface area contributed by atoms with E-state index in [1.165, 1.54) is 0 Å². The number of aryl methyl sites for hydroxylation is 1. The summed E-state index contributed by atoms with van der Waals surface area (Å²) in [6.45, 7) is 5.09. The average molecular weight is 398 g/mol. The van der Waals surface area contributed by atoms with Crippen molar-refractivity contribution in [3.63, 3.8) is 0 Å². The summed E-state index contributed by atoms with van der Waals surface area (Å²) in [5.41, 5.74) is 1.12. The van der Waals surface area contributed by atoms with Crippen molar-refractivity contribution in [3.05, 3.63) is 28.2 Å². The van der Waals surface area contributed by atoms with Crippen LogP contribution in [-0.4, -0.2) is 41.1 Å². The van der Waals surface area contributed by atoms with Gasteiger partial charge in [-0.3, -0.25) is 9.59 Å². The molecule has 1 saturated heterocycles. The number of carboxylic acid groups (broad SMARTS) is 1. The molecule has 24 heavy (non-hydrogen) atoms. The van der Waals surface area contributed by atoms with Crippen LogP contribution in [0.2, 0.25) is 0 Å².